The van der Waals surface area contributed by atoms with Crippen LogP contribution in [0.25, 0.3) is 0 Å². The highest BCUT2D eigenvalue weighted by atomic mass is 16.3. The SMILES string of the molecule is Cc1ccc(C(C)(C)CNCO)o1. The molecule has 0 saturated carbocycles. The maximum Gasteiger partial charge on any atom is 0.111 e. The molecule has 0 aliphatic rings. The van der Waals surface area contributed by atoms with Crippen molar-refractivity contribution in [3.8, 4) is 0 Å². The van der Waals surface area contributed by atoms with E-state index in [1.165, 1.54) is 0 Å². The predicted molar refractivity (Wildman–Crippen MR) is 51.6 cm³/mol. The summed E-state index contributed by atoms with van der Waals surface area (Å²) in [6.07, 6.45) is 0. The number of hydrogen-bond donors (Lipinski definition) is 2. The van der Waals surface area contributed by atoms with Crippen LogP contribution >= 0.6 is 0 Å². The maximum atomic E-state index is 8.64. The third-order valence-electron chi connectivity index (χ3n) is 2.09. The second-order valence-electron chi connectivity index (χ2n) is 3.88. The lowest BCUT2D eigenvalue weighted by molar-refractivity contribution is 0.240. The van der Waals surface area contributed by atoms with Crippen molar-refractivity contribution >= 4 is 0 Å². The van der Waals surface area contributed by atoms with Gasteiger partial charge in [-0.25, -0.2) is 0 Å². The highest BCUT2D eigenvalue weighted by Gasteiger charge is 2.23. The van der Waals surface area contributed by atoms with E-state index in [1.54, 1.807) is 0 Å². The molecule has 0 saturated heterocycles. The summed E-state index contributed by atoms with van der Waals surface area (Å²) in [6.45, 7) is 6.79. The van der Waals surface area contributed by atoms with Gasteiger partial charge in [-0.1, -0.05) is 13.8 Å². The zero-order valence-corrected chi connectivity index (χ0v) is 8.42. The Bertz CT molecular complexity index is 266. The van der Waals surface area contributed by atoms with E-state index in [1.807, 2.05) is 19.1 Å². The second-order valence-corrected chi connectivity index (χ2v) is 3.88. The highest BCUT2D eigenvalue weighted by Crippen LogP contribution is 2.23. The first-order chi connectivity index (χ1) is 6.06. The molecule has 1 aromatic heterocycles. The quantitative estimate of drug-likeness (QED) is 0.694. The minimum atomic E-state index is -0.0724. The molecular formula is C10H17NO2. The molecule has 1 aromatic rings. The summed E-state index contributed by atoms with van der Waals surface area (Å²) >= 11 is 0. The lowest BCUT2D eigenvalue weighted by atomic mass is 9.90. The molecule has 0 amide bonds. The fraction of sp³-hybridized carbons (Fsp3) is 0.600. The summed E-state index contributed by atoms with van der Waals surface area (Å²) in [7, 11) is 0. The number of hydrogen-bond acceptors (Lipinski definition) is 3. The van der Waals surface area contributed by atoms with Gasteiger partial charge in [-0.3, -0.25) is 5.32 Å². The van der Waals surface area contributed by atoms with E-state index in [0.29, 0.717) is 6.54 Å². The Morgan fingerprint density at radius 2 is 2.15 bits per heavy atom. The summed E-state index contributed by atoms with van der Waals surface area (Å²) in [6, 6.07) is 3.93. The van der Waals surface area contributed by atoms with E-state index in [2.05, 4.69) is 19.2 Å². The molecule has 0 atom stereocenters. The summed E-state index contributed by atoms with van der Waals surface area (Å²) in [5, 5.41) is 11.5. The fourth-order valence-corrected chi connectivity index (χ4v) is 1.25. The Morgan fingerprint density at radius 1 is 1.46 bits per heavy atom. The predicted octanol–water partition coefficient (Wildman–Crippen LogP) is 1.41. The summed E-state index contributed by atoms with van der Waals surface area (Å²) in [5.74, 6) is 1.87. The minimum absolute atomic E-state index is 0.00310. The number of rotatable bonds is 4. The Kier molecular flexibility index (Phi) is 3.12. The molecule has 1 rings (SSSR count). The average Bonchev–Trinajstić information content (AvgIpc) is 2.49. The van der Waals surface area contributed by atoms with E-state index in [0.717, 1.165) is 11.5 Å². The van der Waals surface area contributed by atoms with E-state index >= 15 is 0 Å². The molecule has 0 radical (unpaired) electrons. The Morgan fingerprint density at radius 3 is 2.62 bits per heavy atom. The number of aryl methyl sites for hydroxylation is 1. The first-order valence-corrected chi connectivity index (χ1v) is 4.45. The van der Waals surface area contributed by atoms with Gasteiger partial charge in [0.25, 0.3) is 0 Å². The molecule has 0 aliphatic carbocycles. The Balaban J connectivity index is 2.68. The normalized spacial score (nSPS) is 12.0. The molecule has 0 aliphatic heterocycles. The van der Waals surface area contributed by atoms with Crippen molar-refractivity contribution in [2.24, 2.45) is 0 Å². The maximum absolute atomic E-state index is 8.64. The third kappa shape index (κ3) is 2.57. The molecular weight excluding hydrogens is 166 g/mol. The molecule has 0 fully saturated rings. The number of aliphatic hydroxyl groups excluding tert-OH is 1. The average molecular weight is 183 g/mol. The van der Waals surface area contributed by atoms with Crippen molar-refractivity contribution in [3.63, 3.8) is 0 Å². The molecule has 0 aromatic carbocycles. The summed E-state index contributed by atoms with van der Waals surface area (Å²) in [5.41, 5.74) is -0.0724. The zero-order valence-electron chi connectivity index (χ0n) is 8.42. The van der Waals surface area contributed by atoms with Crippen molar-refractivity contribution in [2.75, 3.05) is 13.3 Å². The minimum Gasteiger partial charge on any atom is -0.466 e. The number of nitrogens with one attached hydrogen (secondary N) is 1. The van der Waals surface area contributed by atoms with Crippen molar-refractivity contribution in [1.29, 1.82) is 0 Å². The molecule has 0 bridgehead atoms. The Hall–Kier alpha value is -0.800. The molecule has 0 unspecified atom stereocenters. The van der Waals surface area contributed by atoms with E-state index < -0.39 is 0 Å². The molecule has 74 valence electrons. The van der Waals surface area contributed by atoms with E-state index in [-0.39, 0.29) is 12.1 Å². The van der Waals surface area contributed by atoms with Crippen LogP contribution in [0.4, 0.5) is 0 Å². The smallest absolute Gasteiger partial charge is 0.111 e. The third-order valence-corrected chi connectivity index (χ3v) is 2.09. The van der Waals surface area contributed by atoms with Crippen LogP contribution < -0.4 is 5.32 Å². The van der Waals surface area contributed by atoms with Crippen LogP contribution in [-0.2, 0) is 5.41 Å². The van der Waals surface area contributed by atoms with Gasteiger partial charge in [-0.05, 0) is 19.1 Å². The molecule has 3 nitrogen and oxygen atoms in total. The van der Waals surface area contributed by atoms with Gasteiger partial charge in [-0.15, -0.1) is 0 Å². The van der Waals surface area contributed by atoms with Crippen molar-refractivity contribution in [1.82, 2.24) is 5.32 Å². The Labute approximate surface area is 78.8 Å². The van der Waals surface area contributed by atoms with Gasteiger partial charge in [0.1, 0.15) is 11.5 Å². The van der Waals surface area contributed by atoms with Crippen LogP contribution in [-0.4, -0.2) is 18.4 Å². The molecule has 2 N–H and O–H groups in total. The van der Waals surface area contributed by atoms with Crippen LogP contribution in [0.3, 0.4) is 0 Å². The monoisotopic (exact) mass is 183 g/mol. The van der Waals surface area contributed by atoms with Gasteiger partial charge in [0, 0.05) is 12.0 Å². The first kappa shape index (κ1) is 10.3. The standard InChI is InChI=1S/C10H17NO2/c1-8-4-5-9(13-8)10(2,3)6-11-7-12/h4-5,11-12H,6-7H2,1-3H3. The highest BCUT2D eigenvalue weighted by molar-refractivity contribution is 5.15. The van der Waals surface area contributed by atoms with Crippen molar-refractivity contribution in [3.05, 3.63) is 23.7 Å². The lowest BCUT2D eigenvalue weighted by Gasteiger charge is -2.21. The number of furan rings is 1. The largest absolute Gasteiger partial charge is 0.466 e. The first-order valence-electron chi connectivity index (χ1n) is 4.45. The van der Waals surface area contributed by atoms with Crippen LogP contribution in [0.1, 0.15) is 25.4 Å². The van der Waals surface area contributed by atoms with Crippen LogP contribution in [0.5, 0.6) is 0 Å². The van der Waals surface area contributed by atoms with Gasteiger partial charge in [0.2, 0.25) is 0 Å². The van der Waals surface area contributed by atoms with Gasteiger partial charge in [0.15, 0.2) is 0 Å². The molecule has 13 heavy (non-hydrogen) atoms. The van der Waals surface area contributed by atoms with Gasteiger partial charge in [-0.2, -0.15) is 0 Å². The van der Waals surface area contributed by atoms with Gasteiger partial charge in [0.05, 0.1) is 6.73 Å². The summed E-state index contributed by atoms with van der Waals surface area (Å²) in [4.78, 5) is 0. The topological polar surface area (TPSA) is 45.4 Å². The molecule has 3 heteroatoms. The molecule has 1 heterocycles. The van der Waals surface area contributed by atoms with Crippen molar-refractivity contribution < 1.29 is 9.52 Å². The van der Waals surface area contributed by atoms with E-state index in [9.17, 15) is 0 Å². The van der Waals surface area contributed by atoms with Crippen molar-refractivity contribution in [2.45, 2.75) is 26.2 Å². The van der Waals surface area contributed by atoms with E-state index in [4.69, 9.17) is 9.52 Å². The van der Waals surface area contributed by atoms with Crippen LogP contribution in [0.15, 0.2) is 16.5 Å². The summed E-state index contributed by atoms with van der Waals surface area (Å²) < 4.78 is 5.52. The zero-order chi connectivity index (χ0) is 9.90. The van der Waals surface area contributed by atoms with Gasteiger partial charge >= 0.3 is 0 Å². The van der Waals surface area contributed by atoms with Gasteiger partial charge < -0.3 is 9.52 Å². The fourth-order valence-electron chi connectivity index (χ4n) is 1.25. The van der Waals surface area contributed by atoms with Crippen LogP contribution in [0.2, 0.25) is 0 Å². The number of aliphatic hydroxyl groups is 1. The molecule has 0 spiro atoms. The second kappa shape index (κ2) is 3.94. The lowest BCUT2D eigenvalue weighted by Crippen LogP contribution is -2.33. The van der Waals surface area contributed by atoms with Crippen LogP contribution in [0, 0.1) is 6.92 Å².